The van der Waals surface area contributed by atoms with Gasteiger partial charge >= 0.3 is 6.09 Å². The second-order valence-electron chi connectivity index (χ2n) is 8.82. The number of carbonyl (C=O) groups is 4. The van der Waals surface area contributed by atoms with E-state index in [1.165, 1.54) is 32.1 Å². The maximum atomic E-state index is 12.5. The number of aliphatic hydroxyl groups is 1. The molecule has 12 nitrogen and oxygen atoms in total. The Kier molecular flexibility index (Phi) is 11.2. The summed E-state index contributed by atoms with van der Waals surface area (Å²) < 4.78 is 0. The molecule has 0 spiro atoms. The molecule has 192 valence electrons. The Morgan fingerprint density at radius 2 is 1.62 bits per heavy atom. The quantitative estimate of drug-likeness (QED) is 0.228. The summed E-state index contributed by atoms with van der Waals surface area (Å²) in [6.07, 6.45) is 0.975. The molecule has 13 heteroatoms. The van der Waals surface area contributed by atoms with Gasteiger partial charge in [0.25, 0.3) is 0 Å². The summed E-state index contributed by atoms with van der Waals surface area (Å²) in [7, 11) is 0. The first kappa shape index (κ1) is 29.1. The lowest BCUT2D eigenvalue weighted by Crippen LogP contribution is -2.58. The van der Waals surface area contributed by atoms with Gasteiger partial charge in [-0.1, -0.05) is 11.3 Å². The summed E-state index contributed by atoms with van der Waals surface area (Å²) in [5.41, 5.74) is -0.807. The van der Waals surface area contributed by atoms with Crippen LogP contribution in [0.5, 0.6) is 0 Å². The zero-order valence-corrected chi connectivity index (χ0v) is 21.3. The predicted octanol–water partition coefficient (Wildman–Crippen LogP) is 0.730. The molecule has 3 atom stereocenters. The van der Waals surface area contributed by atoms with Gasteiger partial charge in [-0.3, -0.25) is 19.3 Å². The fraction of sp³-hybridized carbons (Fsp3) is 0.667. The van der Waals surface area contributed by atoms with E-state index in [9.17, 15) is 24.3 Å². The third-order valence-electron chi connectivity index (χ3n) is 4.84. The molecule has 4 amide bonds. The SMILES string of the molecule is C[C@H](NC(=O)[C@H](C)NC(=O)[C@H](C)N(C(=O)O)C(C)(C)C)C(=O)NCCCNc1ncc(CO)s1. The molecule has 0 aliphatic heterocycles. The fourth-order valence-electron chi connectivity index (χ4n) is 3.06. The zero-order valence-electron chi connectivity index (χ0n) is 20.5. The van der Waals surface area contributed by atoms with Gasteiger partial charge in [0.2, 0.25) is 17.7 Å². The molecule has 0 fully saturated rings. The number of thiazole rings is 1. The van der Waals surface area contributed by atoms with Gasteiger partial charge in [0, 0.05) is 24.8 Å². The van der Waals surface area contributed by atoms with E-state index in [1.54, 1.807) is 27.0 Å². The number of carbonyl (C=O) groups excluding carboxylic acids is 3. The Morgan fingerprint density at radius 1 is 1.03 bits per heavy atom. The van der Waals surface area contributed by atoms with Crippen molar-refractivity contribution in [1.82, 2.24) is 25.8 Å². The van der Waals surface area contributed by atoms with Crippen LogP contribution in [0.3, 0.4) is 0 Å². The van der Waals surface area contributed by atoms with Gasteiger partial charge < -0.3 is 31.5 Å². The molecular weight excluding hydrogens is 464 g/mol. The van der Waals surface area contributed by atoms with E-state index in [0.29, 0.717) is 24.6 Å². The number of amides is 4. The number of hydrogen-bond donors (Lipinski definition) is 6. The van der Waals surface area contributed by atoms with Crippen molar-refractivity contribution in [1.29, 1.82) is 0 Å². The highest BCUT2D eigenvalue weighted by atomic mass is 32.1. The molecule has 1 aromatic heterocycles. The molecule has 0 radical (unpaired) electrons. The van der Waals surface area contributed by atoms with E-state index in [2.05, 4.69) is 26.3 Å². The summed E-state index contributed by atoms with van der Waals surface area (Å²) in [4.78, 5) is 54.6. The van der Waals surface area contributed by atoms with Gasteiger partial charge in [-0.15, -0.1) is 0 Å². The number of aliphatic hydroxyl groups excluding tert-OH is 1. The fourth-order valence-corrected chi connectivity index (χ4v) is 3.76. The number of anilines is 1. The summed E-state index contributed by atoms with van der Waals surface area (Å²) in [5.74, 6) is -1.55. The first-order valence-corrected chi connectivity index (χ1v) is 11.8. The highest BCUT2D eigenvalue weighted by molar-refractivity contribution is 7.15. The van der Waals surface area contributed by atoms with Crippen LogP contribution in [0.1, 0.15) is 52.8 Å². The maximum absolute atomic E-state index is 12.5. The molecule has 0 aliphatic carbocycles. The van der Waals surface area contributed by atoms with Gasteiger partial charge in [-0.05, 0) is 48.0 Å². The van der Waals surface area contributed by atoms with Crippen LogP contribution in [0.4, 0.5) is 9.93 Å². The predicted molar refractivity (Wildman–Crippen MR) is 128 cm³/mol. The van der Waals surface area contributed by atoms with E-state index >= 15 is 0 Å². The number of rotatable bonds is 12. The monoisotopic (exact) mass is 500 g/mol. The second kappa shape index (κ2) is 13.1. The minimum Gasteiger partial charge on any atom is -0.465 e. The van der Waals surface area contributed by atoms with Crippen molar-refractivity contribution in [3.8, 4) is 0 Å². The first-order chi connectivity index (χ1) is 15.8. The average Bonchev–Trinajstić information content (AvgIpc) is 3.19. The molecular formula is C21H36N6O6S. The van der Waals surface area contributed by atoms with E-state index in [-0.39, 0.29) is 12.5 Å². The van der Waals surface area contributed by atoms with Crippen LogP contribution < -0.4 is 21.3 Å². The van der Waals surface area contributed by atoms with E-state index < -0.39 is 41.6 Å². The molecule has 1 heterocycles. The van der Waals surface area contributed by atoms with Crippen molar-refractivity contribution < 1.29 is 29.4 Å². The number of nitrogens with zero attached hydrogens (tertiary/aromatic N) is 2. The topological polar surface area (TPSA) is 173 Å². The number of nitrogens with one attached hydrogen (secondary N) is 4. The van der Waals surface area contributed by atoms with Gasteiger partial charge in [-0.2, -0.15) is 0 Å². The molecule has 1 rings (SSSR count). The normalized spacial score (nSPS) is 13.9. The van der Waals surface area contributed by atoms with Gasteiger partial charge in [0.1, 0.15) is 18.1 Å². The minimum absolute atomic E-state index is 0.0575. The summed E-state index contributed by atoms with van der Waals surface area (Å²) >= 11 is 1.35. The zero-order chi connectivity index (χ0) is 26.1. The molecule has 0 saturated carbocycles. The molecule has 6 N–H and O–H groups in total. The standard InChI is InChI=1S/C21H36N6O6S/c1-12(16(29)22-8-7-9-23-19-24-10-15(11-28)34-19)25-17(30)13(2)26-18(31)14(3)27(20(32)33)21(4,5)6/h10,12-14,28H,7-9,11H2,1-6H3,(H,22,29)(H,23,24)(H,25,30)(H,26,31)(H,32,33)/t12-,13-,14-/m0/s1. The van der Waals surface area contributed by atoms with Crippen LogP contribution >= 0.6 is 11.3 Å². The highest BCUT2D eigenvalue weighted by Gasteiger charge is 2.35. The lowest BCUT2D eigenvalue weighted by Gasteiger charge is -2.37. The van der Waals surface area contributed by atoms with E-state index in [1.807, 2.05) is 0 Å². The minimum atomic E-state index is -1.24. The van der Waals surface area contributed by atoms with Crippen LogP contribution in [-0.4, -0.2) is 80.7 Å². The largest absolute Gasteiger partial charge is 0.465 e. The van der Waals surface area contributed by atoms with Crippen molar-refractivity contribution in [2.24, 2.45) is 0 Å². The molecule has 0 saturated heterocycles. The van der Waals surface area contributed by atoms with Crippen LogP contribution in [0.2, 0.25) is 0 Å². The lowest BCUT2D eigenvalue weighted by atomic mass is 10.0. The smallest absolute Gasteiger partial charge is 0.408 e. The number of hydrogen-bond acceptors (Lipinski definition) is 8. The first-order valence-electron chi connectivity index (χ1n) is 11.0. The molecule has 1 aromatic rings. The average molecular weight is 501 g/mol. The van der Waals surface area contributed by atoms with Crippen LogP contribution in [-0.2, 0) is 21.0 Å². The highest BCUT2D eigenvalue weighted by Crippen LogP contribution is 2.18. The lowest BCUT2D eigenvalue weighted by molar-refractivity contribution is -0.133. The Labute approximate surface area is 203 Å². The summed E-state index contributed by atoms with van der Waals surface area (Å²) in [6.45, 7) is 10.3. The molecule has 0 aromatic carbocycles. The number of aromatic nitrogens is 1. The Morgan fingerprint density at radius 3 is 2.15 bits per heavy atom. The molecule has 34 heavy (non-hydrogen) atoms. The van der Waals surface area contributed by atoms with Gasteiger partial charge in [-0.25, -0.2) is 9.78 Å². The van der Waals surface area contributed by atoms with Crippen molar-refractivity contribution in [2.75, 3.05) is 18.4 Å². The Balaban J connectivity index is 2.41. The van der Waals surface area contributed by atoms with E-state index in [4.69, 9.17) is 5.11 Å². The van der Waals surface area contributed by atoms with Gasteiger partial charge in [0.15, 0.2) is 5.13 Å². The van der Waals surface area contributed by atoms with Crippen LogP contribution in [0.25, 0.3) is 0 Å². The third kappa shape index (κ3) is 9.14. The molecule has 0 unspecified atom stereocenters. The molecule has 0 bridgehead atoms. The van der Waals surface area contributed by atoms with Gasteiger partial charge in [0.05, 0.1) is 11.5 Å². The van der Waals surface area contributed by atoms with Crippen molar-refractivity contribution in [2.45, 2.75) is 78.2 Å². The summed E-state index contributed by atoms with van der Waals surface area (Å²) in [5, 5.41) is 30.0. The van der Waals surface area contributed by atoms with E-state index in [0.717, 1.165) is 9.78 Å². The Hall–Kier alpha value is -2.93. The van der Waals surface area contributed by atoms with Crippen LogP contribution in [0.15, 0.2) is 6.20 Å². The van der Waals surface area contributed by atoms with Crippen molar-refractivity contribution in [3.63, 3.8) is 0 Å². The Bertz CT molecular complexity index is 855. The summed E-state index contributed by atoms with van der Waals surface area (Å²) in [6, 6.07) is -2.80. The maximum Gasteiger partial charge on any atom is 0.408 e. The van der Waals surface area contributed by atoms with Crippen molar-refractivity contribution >= 4 is 40.3 Å². The third-order valence-corrected chi connectivity index (χ3v) is 5.78. The molecule has 0 aliphatic rings. The second-order valence-corrected chi connectivity index (χ2v) is 9.94. The number of carboxylic acid groups (broad SMARTS) is 1. The van der Waals surface area contributed by atoms with Crippen LogP contribution in [0, 0.1) is 0 Å². The van der Waals surface area contributed by atoms with Crippen molar-refractivity contribution in [3.05, 3.63) is 11.1 Å².